The Bertz CT molecular complexity index is 854. The molecule has 0 bridgehead atoms. The highest BCUT2D eigenvalue weighted by Gasteiger charge is 2.29. The molecule has 2 aromatic carbocycles. The van der Waals surface area contributed by atoms with Crippen LogP contribution in [-0.2, 0) is 17.5 Å². The van der Waals surface area contributed by atoms with Gasteiger partial charge in [0.25, 0.3) is 5.91 Å². The van der Waals surface area contributed by atoms with Gasteiger partial charge in [0, 0.05) is 12.2 Å². The number of rotatable bonds is 6. The van der Waals surface area contributed by atoms with Crippen LogP contribution in [0.3, 0.4) is 0 Å². The third-order valence-corrected chi connectivity index (χ3v) is 3.84. The monoisotopic (exact) mass is 396 g/mol. The maximum absolute atomic E-state index is 12.5. The fourth-order valence-electron chi connectivity index (χ4n) is 2.30. The number of halogens is 3. The third kappa shape index (κ3) is 5.36. The van der Waals surface area contributed by atoms with Crippen molar-refractivity contribution in [3.05, 3.63) is 59.2 Å². The van der Waals surface area contributed by atoms with E-state index >= 15 is 0 Å². The summed E-state index contributed by atoms with van der Waals surface area (Å²) in [6.45, 7) is -0.476. The smallest absolute Gasteiger partial charge is 0.416 e. The average molecular weight is 396 g/mol. The molecular formula is C18H19F3N4O3. The molecule has 0 unspecified atom stereocenters. The van der Waals surface area contributed by atoms with Crippen molar-refractivity contribution in [3.63, 3.8) is 0 Å². The molecule has 0 radical (unpaired) electrons. The van der Waals surface area contributed by atoms with E-state index < -0.39 is 30.1 Å². The number of anilines is 1. The Labute approximate surface area is 159 Å². The van der Waals surface area contributed by atoms with Crippen LogP contribution in [0.2, 0.25) is 0 Å². The molecule has 2 aromatic rings. The first-order valence-corrected chi connectivity index (χ1v) is 8.04. The Kier molecular flexibility index (Phi) is 6.47. The molecule has 10 heteroatoms. The number of benzene rings is 2. The Morgan fingerprint density at radius 2 is 1.79 bits per heavy atom. The fourth-order valence-corrected chi connectivity index (χ4v) is 2.30. The van der Waals surface area contributed by atoms with Gasteiger partial charge in [-0.05, 0) is 35.9 Å². The SMILES string of the molecule is COc1ccc(N)c(C(=O)N(N)CC(=O)NCc2ccc(C(F)(F)F)cc2)c1. The van der Waals surface area contributed by atoms with Crippen molar-refractivity contribution in [3.8, 4) is 5.75 Å². The van der Waals surface area contributed by atoms with Gasteiger partial charge in [0.1, 0.15) is 12.3 Å². The average Bonchev–Trinajstić information content (AvgIpc) is 2.65. The molecule has 0 aliphatic carbocycles. The molecule has 0 spiro atoms. The summed E-state index contributed by atoms with van der Waals surface area (Å²) in [4.78, 5) is 24.3. The largest absolute Gasteiger partial charge is 0.497 e. The number of nitrogens with zero attached hydrogens (tertiary/aromatic N) is 1. The van der Waals surface area contributed by atoms with Crippen molar-refractivity contribution in [2.75, 3.05) is 19.4 Å². The van der Waals surface area contributed by atoms with Crippen molar-refractivity contribution < 1.29 is 27.5 Å². The highest BCUT2D eigenvalue weighted by atomic mass is 19.4. The Balaban J connectivity index is 1.93. The summed E-state index contributed by atoms with van der Waals surface area (Å²) in [6.07, 6.45) is -4.43. The quantitative estimate of drug-likeness (QED) is 0.299. The number of nitrogens with one attached hydrogen (secondary N) is 1. The van der Waals surface area contributed by atoms with Crippen molar-refractivity contribution >= 4 is 17.5 Å². The van der Waals surface area contributed by atoms with Gasteiger partial charge in [-0.3, -0.25) is 14.6 Å². The van der Waals surface area contributed by atoms with Gasteiger partial charge in [-0.1, -0.05) is 12.1 Å². The van der Waals surface area contributed by atoms with E-state index in [2.05, 4.69) is 5.32 Å². The van der Waals surface area contributed by atoms with Gasteiger partial charge in [0.2, 0.25) is 5.91 Å². The molecule has 0 saturated carbocycles. The van der Waals surface area contributed by atoms with E-state index in [0.717, 1.165) is 12.1 Å². The number of hydrogen-bond donors (Lipinski definition) is 3. The summed E-state index contributed by atoms with van der Waals surface area (Å²) < 4.78 is 42.6. The highest BCUT2D eigenvalue weighted by molar-refractivity contribution is 6.00. The standard InChI is InChI=1S/C18H19F3N4O3/c1-28-13-6-7-15(22)14(8-13)17(27)25(23)10-16(26)24-9-11-2-4-12(5-3-11)18(19,20)21/h2-8H,9-10,22-23H2,1H3,(H,24,26). The molecule has 2 rings (SSSR count). The number of amides is 2. The lowest BCUT2D eigenvalue weighted by atomic mass is 10.1. The zero-order valence-electron chi connectivity index (χ0n) is 14.9. The maximum atomic E-state index is 12.5. The van der Waals surface area contributed by atoms with Gasteiger partial charge in [-0.2, -0.15) is 13.2 Å². The van der Waals surface area contributed by atoms with Crippen LogP contribution in [0.25, 0.3) is 0 Å². The van der Waals surface area contributed by atoms with Gasteiger partial charge in [0.15, 0.2) is 0 Å². The van der Waals surface area contributed by atoms with Crippen LogP contribution >= 0.6 is 0 Å². The number of hydrogen-bond acceptors (Lipinski definition) is 5. The number of nitrogen functional groups attached to an aromatic ring is 1. The summed E-state index contributed by atoms with van der Waals surface area (Å²) in [5, 5.41) is 3.17. The normalized spacial score (nSPS) is 11.0. The van der Waals surface area contributed by atoms with Gasteiger partial charge in [-0.15, -0.1) is 0 Å². The van der Waals surface area contributed by atoms with Crippen molar-refractivity contribution in [1.29, 1.82) is 0 Å². The second-order valence-corrected chi connectivity index (χ2v) is 5.86. The minimum atomic E-state index is -4.43. The fraction of sp³-hybridized carbons (Fsp3) is 0.222. The van der Waals surface area contributed by atoms with Crippen LogP contribution in [0.15, 0.2) is 42.5 Å². The van der Waals surface area contributed by atoms with E-state index in [9.17, 15) is 22.8 Å². The first-order chi connectivity index (χ1) is 13.1. The summed E-state index contributed by atoms with van der Waals surface area (Å²) in [6, 6.07) is 8.81. The lowest BCUT2D eigenvalue weighted by Gasteiger charge is -2.18. The first kappa shape index (κ1) is 21.0. The van der Waals surface area contributed by atoms with Crippen LogP contribution in [0.1, 0.15) is 21.5 Å². The Morgan fingerprint density at radius 1 is 1.14 bits per heavy atom. The van der Waals surface area contributed by atoms with Crippen molar-refractivity contribution in [1.82, 2.24) is 10.3 Å². The molecule has 150 valence electrons. The molecular weight excluding hydrogens is 377 g/mol. The maximum Gasteiger partial charge on any atom is 0.416 e. The van der Waals surface area contributed by atoms with Gasteiger partial charge >= 0.3 is 6.18 Å². The molecule has 0 heterocycles. The second-order valence-electron chi connectivity index (χ2n) is 5.86. The predicted molar refractivity (Wildman–Crippen MR) is 95.9 cm³/mol. The lowest BCUT2D eigenvalue weighted by Crippen LogP contribution is -2.45. The van der Waals surface area contributed by atoms with E-state index in [1.807, 2.05) is 0 Å². The molecule has 2 amide bonds. The number of hydrazine groups is 1. The molecule has 5 N–H and O–H groups in total. The van der Waals surface area contributed by atoms with Crippen LogP contribution < -0.4 is 21.6 Å². The van der Waals surface area contributed by atoms with E-state index in [4.69, 9.17) is 16.3 Å². The minimum absolute atomic E-state index is 0.0136. The van der Waals surface area contributed by atoms with E-state index in [0.29, 0.717) is 16.3 Å². The first-order valence-electron chi connectivity index (χ1n) is 8.04. The zero-order valence-corrected chi connectivity index (χ0v) is 14.9. The van der Waals surface area contributed by atoms with Crippen molar-refractivity contribution in [2.24, 2.45) is 5.84 Å². The highest BCUT2D eigenvalue weighted by Crippen LogP contribution is 2.29. The second kappa shape index (κ2) is 8.61. The number of methoxy groups -OCH3 is 1. The number of alkyl halides is 3. The van der Waals surface area contributed by atoms with Crippen LogP contribution in [-0.4, -0.2) is 30.5 Å². The summed E-state index contributed by atoms with van der Waals surface area (Å²) in [5.41, 5.74) is 5.69. The van der Waals surface area contributed by atoms with Crippen LogP contribution in [0.4, 0.5) is 18.9 Å². The molecule has 0 saturated heterocycles. The predicted octanol–water partition coefficient (Wildman–Crippen LogP) is 1.93. The molecule has 0 aliphatic heterocycles. The zero-order chi connectivity index (χ0) is 20.9. The molecule has 0 fully saturated rings. The number of nitrogens with two attached hydrogens (primary N) is 2. The van der Waals surface area contributed by atoms with E-state index in [1.165, 1.54) is 31.4 Å². The Morgan fingerprint density at radius 3 is 2.36 bits per heavy atom. The molecule has 0 aliphatic rings. The van der Waals surface area contributed by atoms with Gasteiger partial charge in [-0.25, -0.2) is 5.84 Å². The third-order valence-electron chi connectivity index (χ3n) is 3.84. The summed E-state index contributed by atoms with van der Waals surface area (Å²) >= 11 is 0. The van der Waals surface area contributed by atoms with Gasteiger partial charge in [0.05, 0.1) is 18.2 Å². The van der Waals surface area contributed by atoms with Crippen LogP contribution in [0, 0.1) is 0 Å². The molecule has 7 nitrogen and oxygen atoms in total. The van der Waals surface area contributed by atoms with E-state index in [1.54, 1.807) is 6.07 Å². The Hall–Kier alpha value is -3.27. The summed E-state index contributed by atoms with van der Waals surface area (Å²) in [7, 11) is 1.43. The number of carbonyl (C=O) groups excluding carboxylic acids is 2. The summed E-state index contributed by atoms with van der Waals surface area (Å²) in [5.74, 6) is 4.78. The topological polar surface area (TPSA) is 111 Å². The van der Waals surface area contributed by atoms with E-state index in [-0.39, 0.29) is 17.8 Å². The molecule has 0 atom stereocenters. The van der Waals surface area contributed by atoms with Gasteiger partial charge < -0.3 is 15.8 Å². The van der Waals surface area contributed by atoms with Crippen molar-refractivity contribution in [2.45, 2.75) is 12.7 Å². The molecule has 28 heavy (non-hydrogen) atoms. The minimum Gasteiger partial charge on any atom is -0.497 e. The lowest BCUT2D eigenvalue weighted by molar-refractivity contribution is -0.137. The number of carbonyl (C=O) groups is 2. The van der Waals surface area contributed by atoms with Crippen LogP contribution in [0.5, 0.6) is 5.75 Å². The molecule has 0 aromatic heterocycles. The number of ether oxygens (including phenoxy) is 1.